The number of benzene rings is 1. The predicted octanol–water partition coefficient (Wildman–Crippen LogP) is 1.76. The Bertz CT molecular complexity index is 432. The first kappa shape index (κ1) is 13.4. The van der Waals surface area contributed by atoms with Gasteiger partial charge >= 0.3 is 0 Å². The second-order valence-electron chi connectivity index (χ2n) is 4.61. The minimum Gasteiger partial charge on any atom is -0.384 e. The van der Waals surface area contributed by atoms with Gasteiger partial charge in [-0.15, -0.1) is 11.8 Å². The van der Waals surface area contributed by atoms with Crippen LogP contribution in [0.15, 0.2) is 23.1 Å². The van der Waals surface area contributed by atoms with Crippen molar-refractivity contribution in [2.75, 3.05) is 12.3 Å². The molecule has 0 aromatic heterocycles. The lowest BCUT2D eigenvalue weighted by Gasteiger charge is -2.16. The summed E-state index contributed by atoms with van der Waals surface area (Å²) in [5, 5.41) is 11.8. The molecular weight excluding hydrogens is 246 g/mol. The van der Waals surface area contributed by atoms with Crippen molar-refractivity contribution < 1.29 is 9.90 Å². The van der Waals surface area contributed by atoms with Crippen LogP contribution in [0, 0.1) is 0 Å². The van der Waals surface area contributed by atoms with Crippen LogP contribution in [0.3, 0.4) is 0 Å². The van der Waals surface area contributed by atoms with Crippen LogP contribution in [0.4, 0.5) is 0 Å². The Morgan fingerprint density at radius 3 is 3.17 bits per heavy atom. The monoisotopic (exact) mass is 265 g/mol. The van der Waals surface area contributed by atoms with Crippen molar-refractivity contribution in [3.8, 4) is 0 Å². The number of aliphatic hydroxyl groups is 1. The van der Waals surface area contributed by atoms with Gasteiger partial charge in [0.05, 0.1) is 0 Å². The molecule has 1 aromatic rings. The highest BCUT2D eigenvalue weighted by molar-refractivity contribution is 7.99. The fraction of sp³-hybridized carbons (Fsp3) is 0.500. The Kier molecular flexibility index (Phi) is 4.66. The molecule has 1 aliphatic rings. The topological polar surface area (TPSA) is 49.3 Å². The molecular formula is C14H19NO2S. The third kappa shape index (κ3) is 3.50. The largest absolute Gasteiger partial charge is 0.384 e. The second kappa shape index (κ2) is 6.25. The lowest BCUT2D eigenvalue weighted by molar-refractivity contribution is -0.128. The minimum absolute atomic E-state index is 0.302. The highest BCUT2D eigenvalue weighted by Gasteiger charge is 2.10. The van der Waals surface area contributed by atoms with E-state index in [1.807, 2.05) is 11.8 Å². The first-order valence-corrected chi connectivity index (χ1v) is 7.36. The van der Waals surface area contributed by atoms with Crippen molar-refractivity contribution in [3.05, 3.63) is 29.3 Å². The average molecular weight is 265 g/mol. The summed E-state index contributed by atoms with van der Waals surface area (Å²) in [6, 6.07) is 6.56. The smallest absolute Gasteiger partial charge is 0.248 e. The van der Waals surface area contributed by atoms with E-state index in [0.29, 0.717) is 6.54 Å². The van der Waals surface area contributed by atoms with Gasteiger partial charge in [-0.1, -0.05) is 12.1 Å². The van der Waals surface area contributed by atoms with E-state index in [9.17, 15) is 4.79 Å². The van der Waals surface area contributed by atoms with Gasteiger partial charge < -0.3 is 10.4 Å². The quantitative estimate of drug-likeness (QED) is 0.872. The van der Waals surface area contributed by atoms with Gasteiger partial charge in [-0.25, -0.2) is 0 Å². The number of carbonyl (C=O) groups is 1. The van der Waals surface area contributed by atoms with Crippen LogP contribution in [0.1, 0.15) is 24.5 Å². The molecule has 2 rings (SSSR count). The first-order valence-electron chi connectivity index (χ1n) is 6.37. The lowest BCUT2D eigenvalue weighted by Crippen LogP contribution is -2.33. The normalized spacial score (nSPS) is 15.9. The summed E-state index contributed by atoms with van der Waals surface area (Å²) in [6.07, 6.45) is 2.30. The molecule has 0 saturated heterocycles. The fourth-order valence-corrected chi connectivity index (χ4v) is 3.07. The van der Waals surface area contributed by atoms with Gasteiger partial charge in [0.2, 0.25) is 5.91 Å². The van der Waals surface area contributed by atoms with Crippen molar-refractivity contribution in [2.45, 2.75) is 37.2 Å². The number of fused-ring (bicyclic) bond motifs is 1. The number of hydrogen-bond donors (Lipinski definition) is 2. The third-order valence-electron chi connectivity index (χ3n) is 3.07. The summed E-state index contributed by atoms with van der Waals surface area (Å²) in [6.45, 7) is 2.06. The first-order chi connectivity index (χ1) is 8.66. The number of thioether (sulfide) groups is 1. The zero-order chi connectivity index (χ0) is 13.0. The van der Waals surface area contributed by atoms with Gasteiger partial charge in [0.25, 0.3) is 0 Å². The summed E-state index contributed by atoms with van der Waals surface area (Å²) in [7, 11) is 0. The number of hydrogen-bond acceptors (Lipinski definition) is 3. The summed E-state index contributed by atoms with van der Waals surface area (Å²) >= 11 is 1.93. The van der Waals surface area contributed by atoms with Crippen LogP contribution in [0.2, 0.25) is 0 Å². The van der Waals surface area contributed by atoms with Crippen molar-refractivity contribution in [3.63, 3.8) is 0 Å². The van der Waals surface area contributed by atoms with Gasteiger partial charge in [0.1, 0.15) is 6.10 Å². The molecule has 4 heteroatoms. The summed E-state index contributed by atoms with van der Waals surface area (Å²) in [5.41, 5.74) is 2.69. The van der Waals surface area contributed by atoms with Crippen molar-refractivity contribution in [1.29, 1.82) is 0 Å². The van der Waals surface area contributed by atoms with Crippen LogP contribution in [-0.4, -0.2) is 29.4 Å². The molecule has 1 atom stereocenters. The van der Waals surface area contributed by atoms with Gasteiger partial charge in [-0.05, 0) is 49.1 Å². The molecule has 1 aliphatic heterocycles. The second-order valence-corrected chi connectivity index (χ2v) is 5.75. The maximum atomic E-state index is 11.2. The molecule has 98 valence electrons. The molecule has 0 saturated carbocycles. The lowest BCUT2D eigenvalue weighted by atomic mass is 10.0. The highest BCUT2D eigenvalue weighted by Crippen LogP contribution is 2.30. The molecule has 1 aromatic carbocycles. The van der Waals surface area contributed by atoms with E-state index in [4.69, 9.17) is 5.11 Å². The van der Waals surface area contributed by atoms with Crippen molar-refractivity contribution in [2.24, 2.45) is 0 Å². The molecule has 18 heavy (non-hydrogen) atoms. The molecule has 2 N–H and O–H groups in total. The Hall–Kier alpha value is -1.00. The fourth-order valence-electron chi connectivity index (χ4n) is 2.05. The molecule has 0 bridgehead atoms. The minimum atomic E-state index is -0.926. The van der Waals surface area contributed by atoms with Gasteiger partial charge in [0.15, 0.2) is 0 Å². The third-order valence-corrected chi connectivity index (χ3v) is 4.27. The van der Waals surface area contributed by atoms with E-state index in [-0.39, 0.29) is 5.91 Å². The van der Waals surface area contributed by atoms with E-state index in [1.54, 1.807) is 0 Å². The number of nitrogens with one attached hydrogen (secondary N) is 1. The molecule has 0 aliphatic carbocycles. The van der Waals surface area contributed by atoms with Crippen molar-refractivity contribution in [1.82, 2.24) is 5.32 Å². The van der Waals surface area contributed by atoms with Gasteiger partial charge in [-0.2, -0.15) is 0 Å². The zero-order valence-electron chi connectivity index (χ0n) is 10.6. The predicted molar refractivity (Wildman–Crippen MR) is 73.9 cm³/mol. The number of aryl methyl sites for hydroxylation is 1. The van der Waals surface area contributed by atoms with Crippen molar-refractivity contribution >= 4 is 17.7 Å². The van der Waals surface area contributed by atoms with Crippen LogP contribution in [0.25, 0.3) is 0 Å². The Morgan fingerprint density at radius 1 is 1.56 bits per heavy atom. The van der Waals surface area contributed by atoms with Crippen LogP contribution >= 0.6 is 11.8 Å². The van der Waals surface area contributed by atoms with Crippen LogP contribution < -0.4 is 5.32 Å². The summed E-state index contributed by atoms with van der Waals surface area (Å²) in [5.74, 6) is 0.917. The molecule has 3 nitrogen and oxygen atoms in total. The van der Waals surface area contributed by atoms with E-state index in [0.717, 1.165) is 12.8 Å². The van der Waals surface area contributed by atoms with Gasteiger partial charge in [-0.3, -0.25) is 4.79 Å². The molecule has 1 heterocycles. The Balaban J connectivity index is 1.88. The number of aliphatic hydroxyl groups excluding tert-OH is 1. The number of carbonyl (C=O) groups excluding carboxylic acids is 1. The zero-order valence-corrected chi connectivity index (χ0v) is 11.4. The van der Waals surface area contributed by atoms with E-state index < -0.39 is 6.10 Å². The molecule has 0 fully saturated rings. The standard InChI is InChI=1S/C14H19NO2S/c1-10(16)14(17)15-7-6-11-4-5-13-12(9-11)3-2-8-18-13/h4-5,9-10,16H,2-3,6-8H2,1H3,(H,15,17). The van der Waals surface area contributed by atoms with Crippen LogP contribution in [-0.2, 0) is 17.6 Å². The Labute approximate surface area is 112 Å². The van der Waals surface area contributed by atoms with E-state index in [2.05, 4.69) is 23.5 Å². The number of amides is 1. The SMILES string of the molecule is CC(O)C(=O)NCCc1ccc2c(c1)CCCS2. The molecule has 1 amide bonds. The molecule has 0 spiro atoms. The molecule has 1 unspecified atom stereocenters. The maximum absolute atomic E-state index is 11.2. The number of rotatable bonds is 4. The summed E-state index contributed by atoms with van der Waals surface area (Å²) in [4.78, 5) is 12.6. The van der Waals surface area contributed by atoms with Crippen LogP contribution in [0.5, 0.6) is 0 Å². The maximum Gasteiger partial charge on any atom is 0.248 e. The Morgan fingerprint density at radius 2 is 2.39 bits per heavy atom. The van der Waals surface area contributed by atoms with E-state index in [1.165, 1.54) is 35.1 Å². The summed E-state index contributed by atoms with van der Waals surface area (Å²) < 4.78 is 0. The molecule has 0 radical (unpaired) electrons. The van der Waals surface area contributed by atoms with Gasteiger partial charge in [0, 0.05) is 11.4 Å². The highest BCUT2D eigenvalue weighted by atomic mass is 32.2. The van der Waals surface area contributed by atoms with E-state index >= 15 is 0 Å². The average Bonchev–Trinajstić information content (AvgIpc) is 2.38.